The molecular weight excluding hydrogens is 237 g/mol. The number of nitrogens with one attached hydrogen (secondary N) is 1. The van der Waals surface area contributed by atoms with Gasteiger partial charge in [-0.3, -0.25) is 4.79 Å². The second-order valence-electron chi connectivity index (χ2n) is 3.69. The van der Waals surface area contributed by atoms with E-state index in [1.807, 2.05) is 0 Å². The second-order valence-corrected chi connectivity index (χ2v) is 3.69. The van der Waals surface area contributed by atoms with Crippen LogP contribution in [0.3, 0.4) is 0 Å². The van der Waals surface area contributed by atoms with Crippen LogP contribution in [0.15, 0.2) is 24.3 Å². The summed E-state index contributed by atoms with van der Waals surface area (Å²) < 4.78 is 23.1. The Hall–Kier alpha value is -1.62. The molecule has 0 bridgehead atoms. The van der Waals surface area contributed by atoms with E-state index in [0.717, 1.165) is 0 Å². The van der Waals surface area contributed by atoms with Crippen LogP contribution in [0.1, 0.15) is 13.3 Å². The van der Waals surface area contributed by atoms with E-state index in [9.17, 15) is 9.18 Å². The standard InChI is InChI=1S/C13H18FNO3/c1-3-17-13(16)12(15-2)7-8-18-11-6-4-5-10(14)9-11/h4-6,9,12,15H,3,7-8H2,1-2H3. The number of halogens is 1. The fraction of sp³-hybridized carbons (Fsp3) is 0.462. The van der Waals surface area contributed by atoms with Crippen molar-refractivity contribution in [2.45, 2.75) is 19.4 Å². The first kappa shape index (κ1) is 14.4. The summed E-state index contributed by atoms with van der Waals surface area (Å²) in [6, 6.07) is 5.49. The molecule has 1 N–H and O–H groups in total. The molecule has 0 aliphatic carbocycles. The van der Waals surface area contributed by atoms with E-state index in [0.29, 0.717) is 25.4 Å². The van der Waals surface area contributed by atoms with Crippen LogP contribution in [-0.2, 0) is 9.53 Å². The minimum Gasteiger partial charge on any atom is -0.493 e. The fourth-order valence-electron chi connectivity index (χ4n) is 1.47. The van der Waals surface area contributed by atoms with E-state index < -0.39 is 6.04 Å². The van der Waals surface area contributed by atoms with Gasteiger partial charge < -0.3 is 14.8 Å². The van der Waals surface area contributed by atoms with Gasteiger partial charge in [-0.2, -0.15) is 0 Å². The molecule has 0 heterocycles. The molecular formula is C13H18FNO3. The van der Waals surface area contributed by atoms with Gasteiger partial charge in [-0.15, -0.1) is 0 Å². The van der Waals surface area contributed by atoms with Gasteiger partial charge in [-0.1, -0.05) is 6.07 Å². The van der Waals surface area contributed by atoms with E-state index in [-0.39, 0.29) is 11.8 Å². The molecule has 0 aliphatic rings. The van der Waals surface area contributed by atoms with E-state index in [2.05, 4.69) is 5.32 Å². The van der Waals surface area contributed by atoms with Gasteiger partial charge >= 0.3 is 5.97 Å². The van der Waals surface area contributed by atoms with Gasteiger partial charge in [0.2, 0.25) is 0 Å². The smallest absolute Gasteiger partial charge is 0.323 e. The van der Waals surface area contributed by atoms with Crippen molar-refractivity contribution in [1.29, 1.82) is 0 Å². The summed E-state index contributed by atoms with van der Waals surface area (Å²) in [6.07, 6.45) is 0.464. The van der Waals surface area contributed by atoms with Gasteiger partial charge in [-0.05, 0) is 26.1 Å². The van der Waals surface area contributed by atoms with Gasteiger partial charge in [0, 0.05) is 12.5 Å². The van der Waals surface area contributed by atoms with Crippen molar-refractivity contribution in [3.05, 3.63) is 30.1 Å². The zero-order valence-corrected chi connectivity index (χ0v) is 10.6. The number of rotatable bonds is 7. The Balaban J connectivity index is 2.37. The number of ether oxygens (including phenoxy) is 2. The van der Waals surface area contributed by atoms with Crippen molar-refractivity contribution < 1.29 is 18.7 Å². The van der Waals surface area contributed by atoms with Crippen LogP contribution in [0.5, 0.6) is 5.75 Å². The molecule has 0 radical (unpaired) electrons. The maximum atomic E-state index is 12.9. The Kier molecular flexibility index (Phi) is 6.14. The lowest BCUT2D eigenvalue weighted by Crippen LogP contribution is -2.36. The molecule has 5 heteroatoms. The number of esters is 1. The molecule has 0 spiro atoms. The van der Waals surface area contributed by atoms with Crippen LogP contribution >= 0.6 is 0 Å². The summed E-state index contributed by atoms with van der Waals surface area (Å²) in [6.45, 7) is 2.42. The van der Waals surface area contributed by atoms with Crippen molar-refractivity contribution in [2.24, 2.45) is 0 Å². The van der Waals surface area contributed by atoms with Crippen LogP contribution in [0, 0.1) is 5.82 Å². The number of benzene rings is 1. The normalized spacial score (nSPS) is 11.9. The maximum absolute atomic E-state index is 12.9. The van der Waals surface area contributed by atoms with Crippen LogP contribution < -0.4 is 10.1 Å². The Bertz CT molecular complexity index is 384. The third-order valence-electron chi connectivity index (χ3n) is 2.39. The van der Waals surface area contributed by atoms with Crippen molar-refractivity contribution >= 4 is 5.97 Å². The average molecular weight is 255 g/mol. The zero-order valence-electron chi connectivity index (χ0n) is 10.6. The number of carbonyl (C=O) groups excluding carboxylic acids is 1. The zero-order chi connectivity index (χ0) is 13.4. The molecule has 1 rings (SSSR count). The van der Waals surface area contributed by atoms with E-state index >= 15 is 0 Å². The van der Waals surface area contributed by atoms with Gasteiger partial charge in [0.1, 0.15) is 17.6 Å². The summed E-state index contributed by atoms with van der Waals surface area (Å²) in [7, 11) is 1.68. The van der Waals surface area contributed by atoms with Crippen LogP contribution in [0.2, 0.25) is 0 Å². The molecule has 0 amide bonds. The summed E-state index contributed by atoms with van der Waals surface area (Å²) in [5.74, 6) is -0.195. The van der Waals surface area contributed by atoms with E-state index in [4.69, 9.17) is 9.47 Å². The molecule has 1 atom stereocenters. The molecule has 1 aromatic rings. The third-order valence-corrected chi connectivity index (χ3v) is 2.39. The molecule has 18 heavy (non-hydrogen) atoms. The minimum atomic E-state index is -0.404. The lowest BCUT2D eigenvalue weighted by atomic mass is 10.2. The Morgan fingerprint density at radius 3 is 2.89 bits per heavy atom. The van der Waals surface area contributed by atoms with Crippen molar-refractivity contribution in [3.63, 3.8) is 0 Å². The maximum Gasteiger partial charge on any atom is 0.323 e. The molecule has 0 fully saturated rings. The first-order chi connectivity index (χ1) is 8.67. The van der Waals surface area contributed by atoms with E-state index in [1.54, 1.807) is 26.1 Å². The molecule has 0 aromatic heterocycles. The Morgan fingerprint density at radius 1 is 1.50 bits per heavy atom. The second kappa shape index (κ2) is 7.66. The average Bonchev–Trinajstić information content (AvgIpc) is 2.35. The molecule has 0 saturated heterocycles. The van der Waals surface area contributed by atoms with Crippen molar-refractivity contribution in [1.82, 2.24) is 5.32 Å². The monoisotopic (exact) mass is 255 g/mol. The number of hydrogen-bond acceptors (Lipinski definition) is 4. The predicted molar refractivity (Wildman–Crippen MR) is 66.0 cm³/mol. The Labute approximate surface area is 106 Å². The molecule has 4 nitrogen and oxygen atoms in total. The van der Waals surface area contributed by atoms with Gasteiger partial charge in [0.25, 0.3) is 0 Å². The number of carbonyl (C=O) groups is 1. The van der Waals surface area contributed by atoms with E-state index in [1.165, 1.54) is 12.1 Å². The van der Waals surface area contributed by atoms with Crippen LogP contribution in [0.4, 0.5) is 4.39 Å². The van der Waals surface area contributed by atoms with Gasteiger partial charge in [0.05, 0.1) is 13.2 Å². The lowest BCUT2D eigenvalue weighted by Gasteiger charge is -2.14. The van der Waals surface area contributed by atoms with Crippen molar-refractivity contribution in [3.8, 4) is 5.75 Å². The summed E-state index contributed by atoms with van der Waals surface area (Å²) in [5, 5.41) is 2.86. The third kappa shape index (κ3) is 4.71. The highest BCUT2D eigenvalue weighted by atomic mass is 19.1. The molecule has 1 unspecified atom stereocenters. The minimum absolute atomic E-state index is 0.303. The number of likely N-dealkylation sites (N-methyl/N-ethyl adjacent to an activating group) is 1. The molecule has 100 valence electrons. The summed E-state index contributed by atoms with van der Waals surface area (Å²) in [5.41, 5.74) is 0. The highest BCUT2D eigenvalue weighted by Gasteiger charge is 2.17. The first-order valence-corrected chi connectivity index (χ1v) is 5.89. The summed E-state index contributed by atoms with van der Waals surface area (Å²) >= 11 is 0. The molecule has 0 aliphatic heterocycles. The molecule has 0 saturated carbocycles. The predicted octanol–water partition coefficient (Wildman–Crippen LogP) is 1.75. The fourth-order valence-corrected chi connectivity index (χ4v) is 1.47. The van der Waals surface area contributed by atoms with Crippen molar-refractivity contribution in [2.75, 3.05) is 20.3 Å². The largest absolute Gasteiger partial charge is 0.493 e. The topological polar surface area (TPSA) is 47.6 Å². The van der Waals surface area contributed by atoms with Gasteiger partial charge in [-0.25, -0.2) is 4.39 Å². The lowest BCUT2D eigenvalue weighted by molar-refractivity contribution is -0.145. The molecule has 1 aromatic carbocycles. The Morgan fingerprint density at radius 2 is 2.28 bits per heavy atom. The highest BCUT2D eigenvalue weighted by Crippen LogP contribution is 2.12. The first-order valence-electron chi connectivity index (χ1n) is 5.89. The highest BCUT2D eigenvalue weighted by molar-refractivity contribution is 5.75. The number of hydrogen-bond donors (Lipinski definition) is 1. The van der Waals surface area contributed by atoms with Crippen LogP contribution in [0.25, 0.3) is 0 Å². The summed E-state index contributed by atoms with van der Waals surface area (Å²) in [4.78, 5) is 11.5. The SMILES string of the molecule is CCOC(=O)C(CCOc1cccc(F)c1)NC. The van der Waals surface area contributed by atoms with Crippen LogP contribution in [-0.4, -0.2) is 32.3 Å². The van der Waals surface area contributed by atoms with Gasteiger partial charge in [0.15, 0.2) is 0 Å². The quantitative estimate of drug-likeness (QED) is 0.754.